The summed E-state index contributed by atoms with van der Waals surface area (Å²) in [7, 11) is 0. The van der Waals surface area contributed by atoms with Gasteiger partial charge in [-0.1, -0.05) is 29.8 Å². The highest BCUT2D eigenvalue weighted by molar-refractivity contribution is 7.10. The van der Waals surface area contributed by atoms with Gasteiger partial charge in [0.25, 0.3) is 0 Å². The molecule has 2 heterocycles. The van der Waals surface area contributed by atoms with E-state index in [0.29, 0.717) is 34.5 Å². The molecule has 5 heteroatoms. The molecule has 1 aliphatic rings. The molecular weight excluding hydrogens is 356 g/mol. The number of Topliss-reactive ketones (excluding diaryl/α,β-unsaturated/α-hetero) is 1. The van der Waals surface area contributed by atoms with Crippen LogP contribution in [-0.2, 0) is 6.61 Å². The molecule has 0 saturated carbocycles. The molecule has 0 aliphatic carbocycles. The van der Waals surface area contributed by atoms with Crippen LogP contribution in [0.25, 0.3) is 6.08 Å². The number of benzene rings is 2. The standard InChI is InChI=1S/C20H13ClO3S/c21-14-4-1-3-13(9-14)12-23-15-6-7-17-18(10-15)24-19(20(17)22)11-16-5-2-8-25-16/h1-11H,12H2. The van der Waals surface area contributed by atoms with Gasteiger partial charge in [0.05, 0.1) is 5.56 Å². The molecule has 0 radical (unpaired) electrons. The number of halogens is 1. The predicted molar refractivity (Wildman–Crippen MR) is 99.5 cm³/mol. The Balaban J connectivity index is 1.51. The second kappa shape index (κ2) is 6.75. The summed E-state index contributed by atoms with van der Waals surface area (Å²) >= 11 is 7.53. The average molecular weight is 369 g/mol. The average Bonchev–Trinajstić information content (AvgIpc) is 3.22. The van der Waals surface area contributed by atoms with Crippen LogP contribution in [0.2, 0.25) is 5.02 Å². The first-order valence-electron chi connectivity index (χ1n) is 7.68. The Bertz CT molecular complexity index is 961. The number of fused-ring (bicyclic) bond motifs is 1. The van der Waals surface area contributed by atoms with E-state index in [-0.39, 0.29) is 5.78 Å². The van der Waals surface area contributed by atoms with Crippen LogP contribution < -0.4 is 9.47 Å². The molecule has 3 aromatic rings. The molecule has 3 nitrogen and oxygen atoms in total. The third-order valence-corrected chi connectivity index (χ3v) is 4.81. The lowest BCUT2D eigenvalue weighted by Gasteiger charge is -2.07. The Morgan fingerprint density at radius 2 is 2.04 bits per heavy atom. The van der Waals surface area contributed by atoms with Gasteiger partial charge >= 0.3 is 0 Å². The fourth-order valence-corrected chi connectivity index (χ4v) is 3.41. The van der Waals surface area contributed by atoms with E-state index in [2.05, 4.69) is 0 Å². The lowest BCUT2D eigenvalue weighted by molar-refractivity contribution is 0.101. The first-order chi connectivity index (χ1) is 12.2. The van der Waals surface area contributed by atoms with E-state index >= 15 is 0 Å². The number of allylic oxidation sites excluding steroid dienone is 1. The Labute approximate surface area is 154 Å². The van der Waals surface area contributed by atoms with Crippen LogP contribution in [0.1, 0.15) is 20.8 Å². The van der Waals surface area contributed by atoms with Gasteiger partial charge in [-0.3, -0.25) is 4.79 Å². The maximum absolute atomic E-state index is 12.4. The zero-order chi connectivity index (χ0) is 17.2. The van der Waals surface area contributed by atoms with Crippen LogP contribution >= 0.6 is 22.9 Å². The van der Waals surface area contributed by atoms with E-state index in [9.17, 15) is 4.79 Å². The number of hydrogen-bond donors (Lipinski definition) is 0. The fraction of sp³-hybridized carbons (Fsp3) is 0.0500. The molecule has 0 N–H and O–H groups in total. The van der Waals surface area contributed by atoms with Gasteiger partial charge < -0.3 is 9.47 Å². The Morgan fingerprint density at radius 1 is 1.12 bits per heavy atom. The SMILES string of the molecule is O=C1C(=Cc2cccs2)Oc2cc(OCc3cccc(Cl)c3)ccc21. The molecule has 0 spiro atoms. The number of hydrogen-bond acceptors (Lipinski definition) is 4. The van der Waals surface area contributed by atoms with Crippen molar-refractivity contribution in [3.8, 4) is 11.5 Å². The summed E-state index contributed by atoms with van der Waals surface area (Å²) in [5.41, 5.74) is 1.53. The summed E-state index contributed by atoms with van der Waals surface area (Å²) in [6.45, 7) is 0.394. The largest absolute Gasteiger partial charge is 0.489 e. The fourth-order valence-electron chi connectivity index (χ4n) is 2.55. The molecule has 0 atom stereocenters. The van der Waals surface area contributed by atoms with Crippen molar-refractivity contribution in [2.24, 2.45) is 0 Å². The van der Waals surface area contributed by atoms with Crippen molar-refractivity contribution in [3.05, 3.63) is 86.8 Å². The minimum atomic E-state index is -0.107. The van der Waals surface area contributed by atoms with Crippen LogP contribution in [0.5, 0.6) is 11.5 Å². The number of ether oxygens (including phenoxy) is 2. The molecular formula is C20H13ClO3S. The molecule has 2 aromatic carbocycles. The van der Waals surface area contributed by atoms with Crippen LogP contribution in [-0.4, -0.2) is 5.78 Å². The van der Waals surface area contributed by atoms with Crippen LogP contribution in [0.15, 0.2) is 65.7 Å². The molecule has 0 amide bonds. The molecule has 0 saturated heterocycles. The van der Waals surface area contributed by atoms with Gasteiger partial charge in [0.2, 0.25) is 5.78 Å². The quantitative estimate of drug-likeness (QED) is 0.562. The highest BCUT2D eigenvalue weighted by Crippen LogP contribution is 2.35. The van der Waals surface area contributed by atoms with Crippen LogP contribution in [0.4, 0.5) is 0 Å². The molecule has 4 rings (SSSR count). The third kappa shape index (κ3) is 3.45. The van der Waals surface area contributed by atoms with Gasteiger partial charge in [0.1, 0.15) is 18.1 Å². The van der Waals surface area contributed by atoms with E-state index in [4.69, 9.17) is 21.1 Å². The number of rotatable bonds is 4. The van der Waals surface area contributed by atoms with E-state index in [1.807, 2.05) is 41.8 Å². The van der Waals surface area contributed by atoms with Gasteiger partial charge in [-0.25, -0.2) is 0 Å². The number of carbonyl (C=O) groups is 1. The third-order valence-electron chi connectivity index (χ3n) is 3.75. The van der Waals surface area contributed by atoms with Gasteiger partial charge in [-0.05, 0) is 41.3 Å². The zero-order valence-corrected chi connectivity index (χ0v) is 14.6. The summed E-state index contributed by atoms with van der Waals surface area (Å²) < 4.78 is 11.5. The minimum absolute atomic E-state index is 0.107. The maximum atomic E-state index is 12.4. The topological polar surface area (TPSA) is 35.5 Å². The minimum Gasteiger partial charge on any atom is -0.489 e. The van der Waals surface area contributed by atoms with Crippen molar-refractivity contribution in [2.75, 3.05) is 0 Å². The van der Waals surface area contributed by atoms with Crippen molar-refractivity contribution >= 4 is 34.8 Å². The van der Waals surface area contributed by atoms with Crippen molar-refractivity contribution in [2.45, 2.75) is 6.61 Å². The van der Waals surface area contributed by atoms with Crippen LogP contribution in [0, 0.1) is 0 Å². The van der Waals surface area contributed by atoms with Crippen molar-refractivity contribution in [1.29, 1.82) is 0 Å². The molecule has 1 aliphatic heterocycles. The monoisotopic (exact) mass is 368 g/mol. The van der Waals surface area contributed by atoms with Gasteiger partial charge in [0.15, 0.2) is 5.76 Å². The zero-order valence-electron chi connectivity index (χ0n) is 13.1. The summed E-state index contributed by atoms with van der Waals surface area (Å²) in [6.07, 6.45) is 1.76. The Hall–Kier alpha value is -2.56. The van der Waals surface area contributed by atoms with Crippen molar-refractivity contribution in [3.63, 3.8) is 0 Å². The van der Waals surface area contributed by atoms with Crippen molar-refractivity contribution in [1.82, 2.24) is 0 Å². The Morgan fingerprint density at radius 3 is 2.84 bits per heavy atom. The van der Waals surface area contributed by atoms with E-state index in [1.165, 1.54) is 0 Å². The molecule has 25 heavy (non-hydrogen) atoms. The second-order valence-corrected chi connectivity index (χ2v) is 6.95. The van der Waals surface area contributed by atoms with E-state index in [0.717, 1.165) is 10.4 Å². The number of carbonyl (C=O) groups excluding carboxylic acids is 1. The highest BCUT2D eigenvalue weighted by atomic mass is 35.5. The summed E-state index contributed by atoms with van der Waals surface area (Å²) in [4.78, 5) is 13.4. The maximum Gasteiger partial charge on any atom is 0.232 e. The summed E-state index contributed by atoms with van der Waals surface area (Å²) in [5.74, 6) is 1.40. The number of thiophene rings is 1. The smallest absolute Gasteiger partial charge is 0.232 e. The summed E-state index contributed by atoms with van der Waals surface area (Å²) in [6, 6.07) is 16.6. The normalized spacial score (nSPS) is 14.4. The number of ketones is 1. The lowest BCUT2D eigenvalue weighted by atomic mass is 10.1. The highest BCUT2D eigenvalue weighted by Gasteiger charge is 2.27. The van der Waals surface area contributed by atoms with Crippen molar-refractivity contribution < 1.29 is 14.3 Å². The predicted octanol–water partition coefficient (Wildman–Crippen LogP) is 5.60. The lowest BCUT2D eigenvalue weighted by Crippen LogP contribution is -1.97. The first kappa shape index (κ1) is 15.9. The molecule has 0 unspecified atom stereocenters. The molecule has 0 fully saturated rings. The molecule has 1 aromatic heterocycles. The van der Waals surface area contributed by atoms with E-state index in [1.54, 1.807) is 35.6 Å². The molecule has 0 bridgehead atoms. The van der Waals surface area contributed by atoms with Gasteiger partial charge in [0, 0.05) is 22.0 Å². The first-order valence-corrected chi connectivity index (χ1v) is 8.94. The second-order valence-electron chi connectivity index (χ2n) is 5.53. The molecule has 124 valence electrons. The van der Waals surface area contributed by atoms with Crippen LogP contribution in [0.3, 0.4) is 0 Å². The Kier molecular flexibility index (Phi) is 4.30. The van der Waals surface area contributed by atoms with E-state index < -0.39 is 0 Å². The van der Waals surface area contributed by atoms with Gasteiger partial charge in [-0.2, -0.15) is 0 Å². The van der Waals surface area contributed by atoms with Gasteiger partial charge in [-0.15, -0.1) is 11.3 Å². The summed E-state index contributed by atoms with van der Waals surface area (Å²) in [5, 5.41) is 2.63.